The lowest BCUT2D eigenvalue weighted by molar-refractivity contribution is -0.00461. The van der Waals surface area contributed by atoms with E-state index in [1.165, 1.54) is 5.56 Å². The van der Waals surface area contributed by atoms with E-state index in [1.54, 1.807) is 14.2 Å². The molecule has 0 radical (unpaired) electrons. The van der Waals surface area contributed by atoms with Crippen molar-refractivity contribution in [3.8, 4) is 0 Å². The summed E-state index contributed by atoms with van der Waals surface area (Å²) >= 11 is 0. The topological polar surface area (TPSA) is 46.6 Å². The van der Waals surface area contributed by atoms with Gasteiger partial charge in [0.15, 0.2) is 0 Å². The molecule has 19 heavy (non-hydrogen) atoms. The fraction of sp³-hybridized carbons (Fsp3) is 0.643. The molecule has 0 saturated carbocycles. The van der Waals surface area contributed by atoms with E-state index in [0.29, 0.717) is 0 Å². The van der Waals surface area contributed by atoms with Gasteiger partial charge < -0.3 is 14.8 Å². The molecule has 0 aliphatic carbocycles. The van der Waals surface area contributed by atoms with Crippen LogP contribution < -0.4 is 5.32 Å². The third-order valence-electron chi connectivity index (χ3n) is 3.49. The standard InChI is InChI=1S/C14H23N3O2/c1-4-15-14-6-5-11(7-16-14)8-17-9-12(18-2)13(10-17)19-3/h5-7,12-13H,4,8-10H2,1-3H3,(H,15,16). The van der Waals surface area contributed by atoms with Gasteiger partial charge in [-0.1, -0.05) is 6.07 Å². The molecule has 1 N–H and O–H groups in total. The summed E-state index contributed by atoms with van der Waals surface area (Å²) in [5, 5.41) is 3.20. The summed E-state index contributed by atoms with van der Waals surface area (Å²) in [6, 6.07) is 4.14. The van der Waals surface area contributed by atoms with Gasteiger partial charge in [-0.25, -0.2) is 4.98 Å². The number of hydrogen-bond acceptors (Lipinski definition) is 5. The zero-order chi connectivity index (χ0) is 13.7. The molecule has 1 fully saturated rings. The van der Waals surface area contributed by atoms with E-state index in [9.17, 15) is 0 Å². The monoisotopic (exact) mass is 265 g/mol. The van der Waals surface area contributed by atoms with E-state index >= 15 is 0 Å². The molecule has 1 saturated heterocycles. The number of nitrogens with one attached hydrogen (secondary N) is 1. The number of nitrogens with zero attached hydrogens (tertiary/aromatic N) is 2. The van der Waals surface area contributed by atoms with Crippen LogP contribution in [-0.2, 0) is 16.0 Å². The van der Waals surface area contributed by atoms with Gasteiger partial charge in [-0.05, 0) is 18.6 Å². The van der Waals surface area contributed by atoms with Gasteiger partial charge in [0, 0.05) is 46.6 Å². The van der Waals surface area contributed by atoms with Gasteiger partial charge in [-0.2, -0.15) is 0 Å². The Kier molecular flexibility index (Phi) is 5.13. The maximum atomic E-state index is 5.44. The fourth-order valence-electron chi connectivity index (χ4n) is 2.46. The second kappa shape index (κ2) is 6.84. The number of hydrogen-bond donors (Lipinski definition) is 1. The highest BCUT2D eigenvalue weighted by Crippen LogP contribution is 2.18. The summed E-state index contributed by atoms with van der Waals surface area (Å²) in [5.74, 6) is 0.928. The largest absolute Gasteiger partial charge is 0.377 e. The van der Waals surface area contributed by atoms with Gasteiger partial charge in [0.1, 0.15) is 5.82 Å². The maximum Gasteiger partial charge on any atom is 0.125 e. The summed E-state index contributed by atoms with van der Waals surface area (Å²) < 4.78 is 10.9. The van der Waals surface area contributed by atoms with Crippen molar-refractivity contribution in [3.63, 3.8) is 0 Å². The Morgan fingerprint density at radius 2 is 1.95 bits per heavy atom. The van der Waals surface area contributed by atoms with Gasteiger partial charge in [-0.3, -0.25) is 4.90 Å². The average Bonchev–Trinajstić information content (AvgIpc) is 2.83. The van der Waals surface area contributed by atoms with Crippen molar-refractivity contribution in [2.75, 3.05) is 39.2 Å². The Labute approximate surface area is 114 Å². The van der Waals surface area contributed by atoms with Crippen molar-refractivity contribution in [1.29, 1.82) is 0 Å². The van der Waals surface area contributed by atoms with Crippen LogP contribution in [0.5, 0.6) is 0 Å². The summed E-state index contributed by atoms with van der Waals surface area (Å²) in [5.41, 5.74) is 1.22. The van der Waals surface area contributed by atoms with Crippen LogP contribution in [-0.4, -0.2) is 55.9 Å². The molecule has 0 aromatic carbocycles. The molecular weight excluding hydrogens is 242 g/mol. The highest BCUT2D eigenvalue weighted by Gasteiger charge is 2.32. The van der Waals surface area contributed by atoms with Crippen molar-refractivity contribution in [2.24, 2.45) is 0 Å². The Morgan fingerprint density at radius 1 is 1.26 bits per heavy atom. The van der Waals surface area contributed by atoms with Crippen LogP contribution in [0.15, 0.2) is 18.3 Å². The average molecular weight is 265 g/mol. The number of ether oxygens (including phenoxy) is 2. The van der Waals surface area contributed by atoms with Crippen LogP contribution in [0.4, 0.5) is 5.82 Å². The molecule has 1 aromatic heterocycles. The molecule has 1 aliphatic rings. The zero-order valence-corrected chi connectivity index (χ0v) is 11.9. The number of anilines is 1. The molecule has 1 aromatic rings. The van der Waals surface area contributed by atoms with Gasteiger partial charge in [0.25, 0.3) is 0 Å². The van der Waals surface area contributed by atoms with Crippen LogP contribution in [0, 0.1) is 0 Å². The number of aromatic nitrogens is 1. The van der Waals surface area contributed by atoms with Crippen molar-refractivity contribution >= 4 is 5.82 Å². The lowest BCUT2D eigenvalue weighted by atomic mass is 10.2. The molecule has 106 valence electrons. The van der Waals surface area contributed by atoms with E-state index in [1.807, 2.05) is 12.3 Å². The van der Waals surface area contributed by atoms with E-state index in [-0.39, 0.29) is 12.2 Å². The number of methoxy groups -OCH3 is 2. The van der Waals surface area contributed by atoms with Gasteiger partial charge in [0.2, 0.25) is 0 Å². The highest BCUT2D eigenvalue weighted by molar-refractivity contribution is 5.35. The Hall–Kier alpha value is -1.17. The Morgan fingerprint density at radius 3 is 2.42 bits per heavy atom. The SMILES string of the molecule is CCNc1ccc(CN2CC(OC)C(OC)C2)cn1. The van der Waals surface area contributed by atoms with Crippen molar-refractivity contribution in [2.45, 2.75) is 25.7 Å². The quantitative estimate of drug-likeness (QED) is 0.841. The number of likely N-dealkylation sites (tertiary alicyclic amines) is 1. The van der Waals surface area contributed by atoms with Crippen LogP contribution in [0.2, 0.25) is 0 Å². The maximum absolute atomic E-state index is 5.44. The predicted molar refractivity (Wildman–Crippen MR) is 75.3 cm³/mol. The number of rotatable bonds is 6. The van der Waals surface area contributed by atoms with Gasteiger partial charge in [0.05, 0.1) is 12.2 Å². The van der Waals surface area contributed by atoms with E-state index in [4.69, 9.17) is 9.47 Å². The first-order chi connectivity index (χ1) is 9.26. The van der Waals surface area contributed by atoms with Crippen LogP contribution >= 0.6 is 0 Å². The lowest BCUT2D eigenvalue weighted by Crippen LogP contribution is -2.27. The predicted octanol–water partition coefficient (Wildman–Crippen LogP) is 1.36. The van der Waals surface area contributed by atoms with Gasteiger partial charge >= 0.3 is 0 Å². The molecule has 5 heteroatoms. The van der Waals surface area contributed by atoms with Crippen LogP contribution in [0.3, 0.4) is 0 Å². The summed E-state index contributed by atoms with van der Waals surface area (Å²) in [6.07, 6.45) is 2.26. The molecule has 2 atom stereocenters. The second-order valence-electron chi connectivity index (χ2n) is 4.82. The first-order valence-electron chi connectivity index (χ1n) is 6.73. The summed E-state index contributed by atoms with van der Waals surface area (Å²) in [7, 11) is 3.49. The van der Waals surface area contributed by atoms with E-state index in [0.717, 1.165) is 32.0 Å². The molecule has 0 bridgehead atoms. The minimum absolute atomic E-state index is 0.166. The van der Waals surface area contributed by atoms with Crippen LogP contribution in [0.25, 0.3) is 0 Å². The van der Waals surface area contributed by atoms with Crippen LogP contribution in [0.1, 0.15) is 12.5 Å². The normalized spacial score (nSPS) is 23.7. The molecule has 2 rings (SSSR count). The summed E-state index contributed by atoms with van der Waals surface area (Å²) in [4.78, 5) is 6.73. The molecule has 5 nitrogen and oxygen atoms in total. The number of pyridine rings is 1. The first kappa shape index (κ1) is 14.2. The molecule has 0 spiro atoms. The van der Waals surface area contributed by atoms with Crippen molar-refractivity contribution in [3.05, 3.63) is 23.9 Å². The molecular formula is C14H23N3O2. The highest BCUT2D eigenvalue weighted by atomic mass is 16.5. The third-order valence-corrected chi connectivity index (χ3v) is 3.49. The molecule has 2 unspecified atom stereocenters. The Bertz CT molecular complexity index is 371. The van der Waals surface area contributed by atoms with Crippen molar-refractivity contribution < 1.29 is 9.47 Å². The molecule has 1 aliphatic heterocycles. The lowest BCUT2D eigenvalue weighted by Gasteiger charge is -2.15. The van der Waals surface area contributed by atoms with Gasteiger partial charge in [-0.15, -0.1) is 0 Å². The second-order valence-corrected chi connectivity index (χ2v) is 4.82. The minimum Gasteiger partial charge on any atom is -0.377 e. The Balaban J connectivity index is 1.91. The third kappa shape index (κ3) is 3.65. The molecule has 0 amide bonds. The minimum atomic E-state index is 0.166. The smallest absolute Gasteiger partial charge is 0.125 e. The summed E-state index contributed by atoms with van der Waals surface area (Å²) in [6.45, 7) is 5.66. The van der Waals surface area contributed by atoms with E-state index < -0.39 is 0 Å². The van der Waals surface area contributed by atoms with E-state index in [2.05, 4.69) is 28.2 Å². The molecule has 2 heterocycles. The first-order valence-corrected chi connectivity index (χ1v) is 6.73. The fourth-order valence-corrected chi connectivity index (χ4v) is 2.46. The van der Waals surface area contributed by atoms with Crippen molar-refractivity contribution in [1.82, 2.24) is 9.88 Å². The zero-order valence-electron chi connectivity index (χ0n) is 11.9.